The molecule has 0 bridgehead atoms. The number of rotatable bonds is 4. The van der Waals surface area contributed by atoms with Crippen molar-refractivity contribution < 1.29 is 19.4 Å². The van der Waals surface area contributed by atoms with E-state index in [0.29, 0.717) is 27.5 Å². The molecule has 1 atom stereocenters. The number of hydrogen-bond donors (Lipinski definition) is 1. The van der Waals surface area contributed by atoms with Gasteiger partial charge in [0, 0.05) is 16.1 Å². The van der Waals surface area contributed by atoms with Gasteiger partial charge in [-0.15, -0.1) is 0 Å². The van der Waals surface area contributed by atoms with E-state index in [2.05, 4.69) is 0 Å². The zero-order chi connectivity index (χ0) is 13.9. The van der Waals surface area contributed by atoms with E-state index in [1.54, 1.807) is 26.8 Å². The van der Waals surface area contributed by atoms with E-state index in [9.17, 15) is 9.90 Å². The van der Waals surface area contributed by atoms with Crippen LogP contribution in [0.2, 0.25) is 5.02 Å². The molecular formula is C13H17ClO4. The molecule has 0 aliphatic heterocycles. The normalized spacial score (nSPS) is 12.1. The molecule has 0 heterocycles. The van der Waals surface area contributed by atoms with Crippen LogP contribution < -0.4 is 4.74 Å². The molecule has 0 aliphatic rings. The minimum atomic E-state index is -1.36. The minimum absolute atomic E-state index is 0.212. The van der Waals surface area contributed by atoms with Crippen molar-refractivity contribution in [2.75, 3.05) is 13.7 Å². The van der Waals surface area contributed by atoms with E-state index in [4.69, 9.17) is 21.1 Å². The molecule has 0 aliphatic carbocycles. The largest absolute Gasteiger partial charge is 0.496 e. The maximum atomic E-state index is 11.6. The Kier molecular flexibility index (Phi) is 4.99. The molecule has 5 heteroatoms. The molecule has 1 unspecified atom stereocenters. The highest BCUT2D eigenvalue weighted by Crippen LogP contribution is 2.36. The second-order valence-electron chi connectivity index (χ2n) is 3.90. The van der Waals surface area contributed by atoms with E-state index in [-0.39, 0.29) is 6.61 Å². The number of carbonyl (C=O) groups excluding carboxylic acids is 1. The Bertz CT molecular complexity index is 457. The summed E-state index contributed by atoms with van der Waals surface area (Å²) in [5, 5.41) is 10.6. The SMILES string of the molecule is CCOC(=O)C(O)c1c(C)cc(Cl)c(C)c1OC. The average molecular weight is 273 g/mol. The Morgan fingerprint density at radius 2 is 2.11 bits per heavy atom. The fourth-order valence-corrected chi connectivity index (χ4v) is 2.06. The molecule has 1 aromatic carbocycles. The summed E-state index contributed by atoms with van der Waals surface area (Å²) >= 11 is 6.04. The van der Waals surface area contributed by atoms with Gasteiger partial charge < -0.3 is 14.6 Å². The number of hydrogen-bond acceptors (Lipinski definition) is 4. The van der Waals surface area contributed by atoms with Crippen LogP contribution in [-0.4, -0.2) is 24.8 Å². The van der Waals surface area contributed by atoms with E-state index in [0.717, 1.165) is 0 Å². The molecule has 18 heavy (non-hydrogen) atoms. The number of aryl methyl sites for hydroxylation is 1. The molecule has 0 spiro atoms. The van der Waals surface area contributed by atoms with Gasteiger partial charge in [-0.1, -0.05) is 11.6 Å². The van der Waals surface area contributed by atoms with Crippen molar-refractivity contribution in [1.29, 1.82) is 0 Å². The van der Waals surface area contributed by atoms with Gasteiger partial charge in [-0.25, -0.2) is 4.79 Å². The number of carbonyl (C=O) groups is 1. The topological polar surface area (TPSA) is 55.8 Å². The number of methoxy groups -OCH3 is 1. The van der Waals surface area contributed by atoms with Crippen molar-refractivity contribution >= 4 is 17.6 Å². The molecule has 0 fully saturated rings. The van der Waals surface area contributed by atoms with Crippen LogP contribution in [0.4, 0.5) is 0 Å². The Morgan fingerprint density at radius 3 is 2.61 bits per heavy atom. The summed E-state index contributed by atoms with van der Waals surface area (Å²) < 4.78 is 10.0. The lowest BCUT2D eigenvalue weighted by molar-refractivity contribution is -0.153. The monoisotopic (exact) mass is 272 g/mol. The first-order valence-corrected chi connectivity index (χ1v) is 6.00. The standard InChI is InChI=1S/C13H17ClO4/c1-5-18-13(16)11(15)10-7(2)6-9(14)8(3)12(10)17-4/h6,11,15H,5H2,1-4H3. The molecule has 0 saturated carbocycles. The van der Waals surface area contributed by atoms with Crippen molar-refractivity contribution in [2.24, 2.45) is 0 Å². The summed E-state index contributed by atoms with van der Waals surface area (Å²) in [7, 11) is 1.47. The Hall–Kier alpha value is -1.26. The van der Waals surface area contributed by atoms with Crippen molar-refractivity contribution in [3.63, 3.8) is 0 Å². The Balaban J connectivity index is 3.31. The number of aliphatic hydroxyl groups excluding tert-OH is 1. The van der Waals surface area contributed by atoms with Crippen LogP contribution in [0.1, 0.15) is 29.7 Å². The van der Waals surface area contributed by atoms with Crippen LogP contribution in [0, 0.1) is 13.8 Å². The summed E-state index contributed by atoms with van der Waals surface area (Å²) in [4.78, 5) is 11.6. The van der Waals surface area contributed by atoms with Gasteiger partial charge in [0.25, 0.3) is 0 Å². The van der Waals surface area contributed by atoms with E-state index >= 15 is 0 Å². The summed E-state index contributed by atoms with van der Waals surface area (Å²) in [6.45, 7) is 5.42. The number of aliphatic hydroxyl groups is 1. The number of ether oxygens (including phenoxy) is 2. The predicted octanol–water partition coefficient (Wildman–Crippen LogP) is 2.56. The highest BCUT2D eigenvalue weighted by Gasteiger charge is 2.26. The van der Waals surface area contributed by atoms with Crippen molar-refractivity contribution in [3.8, 4) is 5.75 Å². The van der Waals surface area contributed by atoms with Crippen LogP contribution in [0.25, 0.3) is 0 Å². The first-order valence-electron chi connectivity index (χ1n) is 5.62. The molecule has 1 rings (SSSR count). The minimum Gasteiger partial charge on any atom is -0.496 e. The summed E-state index contributed by atoms with van der Waals surface area (Å²) in [6.07, 6.45) is -1.36. The van der Waals surface area contributed by atoms with Crippen LogP contribution in [0.15, 0.2) is 6.07 Å². The zero-order valence-electron chi connectivity index (χ0n) is 10.9. The summed E-state index contributed by atoms with van der Waals surface area (Å²) in [5.41, 5.74) is 1.77. The van der Waals surface area contributed by atoms with Gasteiger partial charge in [0.1, 0.15) is 5.75 Å². The molecule has 100 valence electrons. The zero-order valence-corrected chi connectivity index (χ0v) is 11.7. The lowest BCUT2D eigenvalue weighted by atomic mass is 9.99. The third kappa shape index (κ3) is 2.76. The number of esters is 1. The third-order valence-electron chi connectivity index (χ3n) is 2.70. The van der Waals surface area contributed by atoms with Crippen molar-refractivity contribution in [3.05, 3.63) is 27.8 Å². The summed E-state index contributed by atoms with van der Waals surface area (Å²) in [6, 6.07) is 1.69. The van der Waals surface area contributed by atoms with Gasteiger partial charge in [-0.3, -0.25) is 0 Å². The molecule has 0 saturated heterocycles. The van der Waals surface area contributed by atoms with Crippen molar-refractivity contribution in [1.82, 2.24) is 0 Å². The fraction of sp³-hybridized carbons (Fsp3) is 0.462. The number of benzene rings is 1. The van der Waals surface area contributed by atoms with E-state index < -0.39 is 12.1 Å². The highest BCUT2D eigenvalue weighted by molar-refractivity contribution is 6.31. The lowest BCUT2D eigenvalue weighted by Crippen LogP contribution is -2.17. The molecule has 1 aromatic rings. The maximum absolute atomic E-state index is 11.6. The average Bonchev–Trinajstić information content (AvgIpc) is 2.32. The molecule has 0 radical (unpaired) electrons. The molecule has 0 aromatic heterocycles. The second kappa shape index (κ2) is 6.07. The van der Waals surface area contributed by atoms with Gasteiger partial charge in [0.15, 0.2) is 6.10 Å². The fourth-order valence-electron chi connectivity index (χ4n) is 1.81. The number of halogens is 1. The van der Waals surface area contributed by atoms with E-state index in [1.807, 2.05) is 0 Å². The molecule has 1 N–H and O–H groups in total. The Labute approximate surface area is 111 Å². The lowest BCUT2D eigenvalue weighted by Gasteiger charge is -2.19. The van der Waals surface area contributed by atoms with Crippen molar-refractivity contribution in [2.45, 2.75) is 26.9 Å². The first-order chi connectivity index (χ1) is 8.43. The molecule has 4 nitrogen and oxygen atoms in total. The first kappa shape index (κ1) is 14.8. The second-order valence-corrected chi connectivity index (χ2v) is 4.31. The van der Waals surface area contributed by atoms with Crippen LogP contribution in [0.3, 0.4) is 0 Å². The highest BCUT2D eigenvalue weighted by atomic mass is 35.5. The van der Waals surface area contributed by atoms with Gasteiger partial charge in [0.2, 0.25) is 0 Å². The van der Waals surface area contributed by atoms with Gasteiger partial charge >= 0.3 is 5.97 Å². The van der Waals surface area contributed by atoms with Crippen LogP contribution in [-0.2, 0) is 9.53 Å². The van der Waals surface area contributed by atoms with Crippen LogP contribution >= 0.6 is 11.6 Å². The third-order valence-corrected chi connectivity index (χ3v) is 3.09. The quantitative estimate of drug-likeness (QED) is 0.856. The Morgan fingerprint density at radius 1 is 1.50 bits per heavy atom. The van der Waals surface area contributed by atoms with E-state index in [1.165, 1.54) is 7.11 Å². The summed E-state index contributed by atoms with van der Waals surface area (Å²) in [5.74, 6) is -0.277. The van der Waals surface area contributed by atoms with Gasteiger partial charge in [-0.2, -0.15) is 0 Å². The maximum Gasteiger partial charge on any atom is 0.339 e. The molecular weight excluding hydrogens is 256 g/mol. The smallest absolute Gasteiger partial charge is 0.339 e. The predicted molar refractivity (Wildman–Crippen MR) is 69.1 cm³/mol. The van der Waals surface area contributed by atoms with Gasteiger partial charge in [0.05, 0.1) is 13.7 Å². The van der Waals surface area contributed by atoms with Crippen LogP contribution in [0.5, 0.6) is 5.75 Å². The van der Waals surface area contributed by atoms with Gasteiger partial charge in [-0.05, 0) is 32.4 Å². The molecule has 0 amide bonds.